The van der Waals surface area contributed by atoms with E-state index in [0.29, 0.717) is 23.6 Å². The third-order valence-corrected chi connectivity index (χ3v) is 5.79. The lowest BCUT2D eigenvalue weighted by Crippen LogP contribution is -2.44. The molecule has 1 aliphatic carbocycles. The number of hydrogen-bond donors (Lipinski definition) is 2. The van der Waals surface area contributed by atoms with Gasteiger partial charge in [0.05, 0.1) is 11.7 Å². The van der Waals surface area contributed by atoms with Gasteiger partial charge in [0.1, 0.15) is 0 Å². The zero-order valence-corrected chi connectivity index (χ0v) is 15.2. The molecule has 0 bridgehead atoms. The Morgan fingerprint density at radius 1 is 1.21 bits per heavy atom. The number of carbonyl (C=O) groups excluding carboxylic acids is 1. The van der Waals surface area contributed by atoms with Crippen LogP contribution < -0.4 is 10.6 Å². The molecule has 134 valence electrons. The normalized spacial score (nSPS) is 25.8. The molecule has 2 aliphatic rings. The molecule has 1 saturated heterocycles. The Hall–Kier alpha value is -1.43. The molecule has 2 heterocycles. The molecule has 1 aliphatic heterocycles. The van der Waals surface area contributed by atoms with Crippen LogP contribution in [0.15, 0.2) is 0 Å². The summed E-state index contributed by atoms with van der Waals surface area (Å²) in [6, 6.07) is 0.632. The standard InChI is InChI=1S/C18H31N5O/c1-12(2)15-6-4-5-7-16(15)20-18(24)17-13(3)23(22-21-17)14-8-10-19-11-9-14/h12,14-16,19H,4-11H2,1-3H3,(H,20,24)/t15-,16-/m0/s1. The topological polar surface area (TPSA) is 71.8 Å². The van der Waals surface area contributed by atoms with Crippen molar-refractivity contribution in [1.29, 1.82) is 0 Å². The van der Waals surface area contributed by atoms with Crippen molar-refractivity contribution in [2.75, 3.05) is 13.1 Å². The van der Waals surface area contributed by atoms with Crippen molar-refractivity contribution >= 4 is 5.91 Å². The Morgan fingerprint density at radius 2 is 1.92 bits per heavy atom. The van der Waals surface area contributed by atoms with Gasteiger partial charge in [0.15, 0.2) is 5.69 Å². The van der Waals surface area contributed by atoms with E-state index >= 15 is 0 Å². The van der Waals surface area contributed by atoms with Gasteiger partial charge in [-0.3, -0.25) is 4.79 Å². The van der Waals surface area contributed by atoms with Crippen molar-refractivity contribution in [3.8, 4) is 0 Å². The maximum absolute atomic E-state index is 12.8. The fourth-order valence-corrected chi connectivity index (χ4v) is 4.32. The molecule has 1 saturated carbocycles. The average molecular weight is 333 g/mol. The highest BCUT2D eigenvalue weighted by atomic mass is 16.2. The minimum absolute atomic E-state index is 0.0507. The molecule has 0 radical (unpaired) electrons. The van der Waals surface area contributed by atoms with Crippen LogP contribution >= 0.6 is 0 Å². The highest BCUT2D eigenvalue weighted by Gasteiger charge is 2.30. The van der Waals surface area contributed by atoms with E-state index in [2.05, 4.69) is 34.8 Å². The van der Waals surface area contributed by atoms with Gasteiger partial charge in [0.2, 0.25) is 0 Å². The largest absolute Gasteiger partial charge is 0.348 e. The van der Waals surface area contributed by atoms with Gasteiger partial charge in [-0.15, -0.1) is 5.10 Å². The molecule has 2 N–H and O–H groups in total. The van der Waals surface area contributed by atoms with Crippen molar-refractivity contribution in [2.24, 2.45) is 11.8 Å². The molecule has 1 aromatic heterocycles. The SMILES string of the molecule is Cc1c(C(=O)N[C@H]2CCCC[C@H]2C(C)C)nnn1C1CCNCC1. The van der Waals surface area contributed by atoms with Crippen molar-refractivity contribution in [2.45, 2.75) is 71.4 Å². The van der Waals surface area contributed by atoms with E-state index in [1.807, 2.05) is 11.6 Å². The molecule has 0 unspecified atom stereocenters. The molecule has 0 spiro atoms. The lowest BCUT2D eigenvalue weighted by Gasteiger charge is -2.34. The third-order valence-electron chi connectivity index (χ3n) is 5.79. The number of aromatic nitrogens is 3. The maximum Gasteiger partial charge on any atom is 0.273 e. The van der Waals surface area contributed by atoms with E-state index in [9.17, 15) is 4.79 Å². The molecule has 6 nitrogen and oxygen atoms in total. The van der Waals surface area contributed by atoms with Crippen molar-refractivity contribution in [1.82, 2.24) is 25.6 Å². The van der Waals surface area contributed by atoms with Gasteiger partial charge < -0.3 is 10.6 Å². The van der Waals surface area contributed by atoms with Crippen LogP contribution in [0.2, 0.25) is 0 Å². The summed E-state index contributed by atoms with van der Waals surface area (Å²) in [6.07, 6.45) is 6.86. The Kier molecular flexibility index (Phi) is 5.54. The van der Waals surface area contributed by atoms with Gasteiger partial charge in [0.25, 0.3) is 5.91 Å². The van der Waals surface area contributed by atoms with Gasteiger partial charge in [-0.05, 0) is 57.5 Å². The van der Waals surface area contributed by atoms with Crippen LogP contribution in [0.4, 0.5) is 0 Å². The molecular weight excluding hydrogens is 302 g/mol. The zero-order chi connectivity index (χ0) is 17.1. The van der Waals surface area contributed by atoms with Crippen molar-refractivity contribution < 1.29 is 4.79 Å². The van der Waals surface area contributed by atoms with Gasteiger partial charge in [-0.1, -0.05) is 31.9 Å². The molecule has 3 rings (SSSR count). The summed E-state index contributed by atoms with van der Waals surface area (Å²) in [5.41, 5.74) is 1.40. The summed E-state index contributed by atoms with van der Waals surface area (Å²) in [5, 5.41) is 15.1. The summed E-state index contributed by atoms with van der Waals surface area (Å²) in [5.74, 6) is 1.12. The highest BCUT2D eigenvalue weighted by Crippen LogP contribution is 2.30. The molecular formula is C18H31N5O. The lowest BCUT2D eigenvalue weighted by atomic mass is 9.78. The molecule has 2 atom stereocenters. The predicted octanol–water partition coefficient (Wildman–Crippen LogP) is 2.46. The summed E-state index contributed by atoms with van der Waals surface area (Å²) >= 11 is 0. The Labute approximate surface area is 144 Å². The van der Waals surface area contributed by atoms with E-state index in [-0.39, 0.29) is 11.9 Å². The molecule has 1 amide bonds. The fraction of sp³-hybridized carbons (Fsp3) is 0.833. The Morgan fingerprint density at radius 3 is 2.62 bits per heavy atom. The minimum Gasteiger partial charge on any atom is -0.348 e. The average Bonchev–Trinajstić information content (AvgIpc) is 2.97. The molecule has 6 heteroatoms. The first-order valence-electron chi connectivity index (χ1n) is 9.51. The number of carbonyl (C=O) groups is 1. The molecule has 0 aromatic carbocycles. The first-order valence-corrected chi connectivity index (χ1v) is 9.51. The van der Waals surface area contributed by atoms with Crippen molar-refractivity contribution in [3.05, 3.63) is 11.4 Å². The summed E-state index contributed by atoms with van der Waals surface area (Å²) in [7, 11) is 0. The second-order valence-corrected chi connectivity index (χ2v) is 7.72. The first kappa shape index (κ1) is 17.4. The van der Waals surface area contributed by atoms with Gasteiger partial charge in [-0.25, -0.2) is 4.68 Å². The van der Waals surface area contributed by atoms with E-state index in [4.69, 9.17) is 0 Å². The van der Waals surface area contributed by atoms with E-state index in [0.717, 1.165) is 38.0 Å². The summed E-state index contributed by atoms with van der Waals surface area (Å²) < 4.78 is 1.95. The Bertz CT molecular complexity index is 562. The Balaban J connectivity index is 1.69. The van der Waals surface area contributed by atoms with Crippen LogP contribution in [0.5, 0.6) is 0 Å². The monoisotopic (exact) mass is 333 g/mol. The fourth-order valence-electron chi connectivity index (χ4n) is 4.32. The van der Waals surface area contributed by atoms with Gasteiger partial charge in [0, 0.05) is 6.04 Å². The number of amides is 1. The van der Waals surface area contributed by atoms with E-state index < -0.39 is 0 Å². The van der Waals surface area contributed by atoms with Gasteiger partial charge >= 0.3 is 0 Å². The smallest absolute Gasteiger partial charge is 0.273 e. The van der Waals surface area contributed by atoms with Crippen molar-refractivity contribution in [3.63, 3.8) is 0 Å². The second-order valence-electron chi connectivity index (χ2n) is 7.72. The third kappa shape index (κ3) is 3.63. The van der Waals surface area contributed by atoms with Crippen LogP contribution in [0.1, 0.15) is 74.6 Å². The van der Waals surface area contributed by atoms with Crippen LogP contribution in [0.25, 0.3) is 0 Å². The zero-order valence-electron chi connectivity index (χ0n) is 15.2. The number of rotatable bonds is 4. The van der Waals surface area contributed by atoms with Crippen LogP contribution in [0, 0.1) is 18.8 Å². The second kappa shape index (κ2) is 7.64. The number of nitrogens with one attached hydrogen (secondary N) is 2. The van der Waals surface area contributed by atoms with Crippen LogP contribution in [-0.4, -0.2) is 40.0 Å². The molecule has 1 aromatic rings. The van der Waals surface area contributed by atoms with Crippen LogP contribution in [-0.2, 0) is 0 Å². The predicted molar refractivity (Wildman–Crippen MR) is 93.9 cm³/mol. The quantitative estimate of drug-likeness (QED) is 0.888. The highest BCUT2D eigenvalue weighted by molar-refractivity contribution is 5.93. The number of nitrogens with zero attached hydrogens (tertiary/aromatic N) is 3. The lowest BCUT2D eigenvalue weighted by molar-refractivity contribution is 0.0883. The maximum atomic E-state index is 12.8. The summed E-state index contributed by atoms with van der Waals surface area (Å²) in [4.78, 5) is 12.8. The summed E-state index contributed by atoms with van der Waals surface area (Å²) in [6.45, 7) is 8.49. The number of hydrogen-bond acceptors (Lipinski definition) is 4. The number of piperidine rings is 1. The van der Waals surface area contributed by atoms with E-state index in [1.54, 1.807) is 0 Å². The first-order chi connectivity index (χ1) is 11.6. The molecule has 24 heavy (non-hydrogen) atoms. The molecule has 2 fully saturated rings. The minimum atomic E-state index is -0.0507. The van der Waals surface area contributed by atoms with Gasteiger partial charge in [-0.2, -0.15) is 0 Å². The van der Waals surface area contributed by atoms with Crippen LogP contribution in [0.3, 0.4) is 0 Å². The van der Waals surface area contributed by atoms with E-state index in [1.165, 1.54) is 19.3 Å².